The predicted molar refractivity (Wildman–Crippen MR) is 94.4 cm³/mol. The van der Waals surface area contributed by atoms with Gasteiger partial charge in [0.25, 0.3) is 5.19 Å². The van der Waals surface area contributed by atoms with Crippen molar-refractivity contribution in [2.24, 2.45) is 0 Å². The zero-order chi connectivity index (χ0) is 16.9. The lowest BCUT2D eigenvalue weighted by molar-refractivity contribution is 0.0531. The maximum absolute atomic E-state index is 11.9. The van der Waals surface area contributed by atoms with E-state index < -0.39 is 0 Å². The molecule has 0 unspecified atom stereocenters. The van der Waals surface area contributed by atoms with Gasteiger partial charge in [0.05, 0.1) is 18.0 Å². The number of carbonyl (C=O) groups is 1. The van der Waals surface area contributed by atoms with Crippen molar-refractivity contribution in [2.45, 2.75) is 13.8 Å². The second kappa shape index (κ2) is 7.63. The summed E-state index contributed by atoms with van der Waals surface area (Å²) in [6.07, 6.45) is 0. The molecule has 0 amide bonds. The maximum Gasteiger partial charge on any atom is 0.350 e. The molecule has 2 heterocycles. The summed E-state index contributed by atoms with van der Waals surface area (Å²) in [4.78, 5) is 19.1. The predicted octanol–water partition coefficient (Wildman–Crippen LogP) is 2.83. The Morgan fingerprint density at radius 1 is 1.33 bits per heavy atom. The molecule has 128 valence electrons. The molecule has 1 aromatic heterocycles. The van der Waals surface area contributed by atoms with Crippen LogP contribution in [0.15, 0.2) is 24.3 Å². The third-order valence-electron chi connectivity index (χ3n) is 3.76. The van der Waals surface area contributed by atoms with E-state index in [1.54, 1.807) is 13.8 Å². The summed E-state index contributed by atoms with van der Waals surface area (Å²) >= 11 is 1.22. The molecule has 2 aromatic rings. The zero-order valence-corrected chi connectivity index (χ0v) is 14.7. The summed E-state index contributed by atoms with van der Waals surface area (Å²) in [5, 5.41) is 3.80. The number of esters is 1. The Kier molecular flexibility index (Phi) is 5.32. The number of nitrogens with one attached hydrogen (secondary N) is 1. The molecule has 1 N–H and O–H groups in total. The van der Waals surface area contributed by atoms with Gasteiger partial charge in [0.2, 0.25) is 0 Å². The lowest BCUT2D eigenvalue weighted by atomic mass is 10.2. The first-order chi connectivity index (χ1) is 11.7. The van der Waals surface area contributed by atoms with Crippen LogP contribution >= 0.6 is 11.3 Å². The highest BCUT2D eigenvalue weighted by Crippen LogP contribution is 2.35. The Bertz CT molecular complexity index is 711. The molecule has 24 heavy (non-hydrogen) atoms. The molecule has 1 fully saturated rings. The largest absolute Gasteiger partial charge is 0.462 e. The fraction of sp³-hybridized carbons (Fsp3) is 0.412. The number of hydrogen-bond donors (Lipinski definition) is 1. The number of aromatic nitrogens is 1. The average molecular weight is 347 g/mol. The van der Waals surface area contributed by atoms with Crippen LogP contribution < -0.4 is 15.0 Å². The maximum atomic E-state index is 11.9. The number of aryl methyl sites for hydroxylation is 1. The van der Waals surface area contributed by atoms with Crippen molar-refractivity contribution in [3.8, 4) is 10.9 Å². The van der Waals surface area contributed by atoms with Crippen molar-refractivity contribution in [1.29, 1.82) is 0 Å². The normalized spacial score (nSPS) is 14.5. The van der Waals surface area contributed by atoms with Crippen molar-refractivity contribution in [3.05, 3.63) is 34.8 Å². The van der Waals surface area contributed by atoms with Crippen molar-refractivity contribution >= 4 is 23.0 Å². The standard InChI is InChI=1S/C17H21N3O3S/c1-3-22-16(21)15-12(2)19-17(24-15)23-14-7-5-4-6-13(14)20-10-8-18-9-11-20/h4-7,18H,3,8-11H2,1-2H3. The fourth-order valence-electron chi connectivity index (χ4n) is 2.61. The highest BCUT2D eigenvalue weighted by molar-refractivity contribution is 7.15. The minimum Gasteiger partial charge on any atom is -0.462 e. The van der Waals surface area contributed by atoms with Gasteiger partial charge in [0, 0.05) is 26.2 Å². The van der Waals surface area contributed by atoms with E-state index in [2.05, 4.69) is 15.2 Å². The zero-order valence-electron chi connectivity index (χ0n) is 13.9. The molecule has 0 radical (unpaired) electrons. The van der Waals surface area contributed by atoms with Gasteiger partial charge in [-0.15, -0.1) is 0 Å². The number of hydrogen-bond acceptors (Lipinski definition) is 7. The first-order valence-corrected chi connectivity index (χ1v) is 8.87. The third-order valence-corrected chi connectivity index (χ3v) is 4.77. The molecule has 7 heteroatoms. The van der Waals surface area contributed by atoms with Gasteiger partial charge in [0.15, 0.2) is 5.75 Å². The lowest BCUT2D eigenvalue weighted by Gasteiger charge is -2.30. The molecule has 1 aromatic carbocycles. The van der Waals surface area contributed by atoms with Gasteiger partial charge in [0.1, 0.15) is 4.88 Å². The number of thiazole rings is 1. The van der Waals surface area contributed by atoms with Gasteiger partial charge in [-0.05, 0) is 26.0 Å². The number of para-hydroxylation sites is 2. The van der Waals surface area contributed by atoms with Gasteiger partial charge in [-0.1, -0.05) is 23.5 Å². The summed E-state index contributed by atoms with van der Waals surface area (Å²) in [6.45, 7) is 7.71. The number of carbonyl (C=O) groups excluding carboxylic acids is 1. The van der Waals surface area contributed by atoms with E-state index >= 15 is 0 Å². The average Bonchev–Trinajstić information content (AvgIpc) is 2.97. The third kappa shape index (κ3) is 3.68. The highest BCUT2D eigenvalue weighted by Gasteiger charge is 2.20. The molecule has 1 saturated heterocycles. The molecule has 1 aliphatic rings. The molecular weight excluding hydrogens is 326 g/mol. The minimum absolute atomic E-state index is 0.345. The van der Waals surface area contributed by atoms with Crippen molar-refractivity contribution < 1.29 is 14.3 Å². The van der Waals surface area contributed by atoms with Crippen molar-refractivity contribution in [3.63, 3.8) is 0 Å². The molecular formula is C17H21N3O3S. The van der Waals surface area contributed by atoms with Crippen LogP contribution in [-0.4, -0.2) is 43.7 Å². The second-order valence-corrected chi connectivity index (χ2v) is 6.38. The van der Waals surface area contributed by atoms with E-state index in [9.17, 15) is 4.79 Å². The van der Waals surface area contributed by atoms with Gasteiger partial charge >= 0.3 is 5.97 Å². The first-order valence-electron chi connectivity index (χ1n) is 8.06. The van der Waals surface area contributed by atoms with Crippen molar-refractivity contribution in [1.82, 2.24) is 10.3 Å². The molecule has 6 nitrogen and oxygen atoms in total. The molecule has 0 aliphatic carbocycles. The highest BCUT2D eigenvalue weighted by atomic mass is 32.1. The number of ether oxygens (including phenoxy) is 2. The van der Waals surface area contributed by atoms with E-state index in [4.69, 9.17) is 9.47 Å². The van der Waals surface area contributed by atoms with E-state index in [1.165, 1.54) is 11.3 Å². The summed E-state index contributed by atoms with van der Waals surface area (Å²) < 4.78 is 11.0. The number of rotatable bonds is 5. The summed E-state index contributed by atoms with van der Waals surface area (Å²) in [5.41, 5.74) is 1.68. The van der Waals surface area contributed by atoms with E-state index in [-0.39, 0.29) is 5.97 Å². The van der Waals surface area contributed by atoms with Crippen LogP contribution in [0, 0.1) is 6.92 Å². The first kappa shape index (κ1) is 16.7. The Labute approximate surface area is 145 Å². The number of benzene rings is 1. The SMILES string of the molecule is CCOC(=O)c1sc(Oc2ccccc2N2CCNCC2)nc1C. The molecule has 0 atom stereocenters. The van der Waals surface area contributed by atoms with Crippen LogP contribution in [0.5, 0.6) is 10.9 Å². The topological polar surface area (TPSA) is 63.7 Å². The van der Waals surface area contributed by atoms with Crippen LogP contribution in [0.2, 0.25) is 0 Å². The van der Waals surface area contributed by atoms with Gasteiger partial charge in [-0.25, -0.2) is 9.78 Å². The Hall–Kier alpha value is -2.12. The quantitative estimate of drug-likeness (QED) is 0.839. The molecule has 0 spiro atoms. The summed E-state index contributed by atoms with van der Waals surface area (Å²) in [5.74, 6) is 0.404. The smallest absolute Gasteiger partial charge is 0.350 e. The Morgan fingerprint density at radius 3 is 2.83 bits per heavy atom. The van der Waals surface area contributed by atoms with Crippen LogP contribution in [0.4, 0.5) is 5.69 Å². The molecule has 3 rings (SSSR count). The van der Waals surface area contributed by atoms with E-state index in [0.717, 1.165) is 37.6 Å². The second-order valence-electron chi connectivity index (χ2n) is 5.42. The van der Waals surface area contributed by atoms with Crippen LogP contribution in [0.3, 0.4) is 0 Å². The monoisotopic (exact) mass is 347 g/mol. The number of anilines is 1. The van der Waals surface area contributed by atoms with E-state index in [1.807, 2.05) is 24.3 Å². The fourth-order valence-corrected chi connectivity index (χ4v) is 3.43. The summed E-state index contributed by atoms with van der Waals surface area (Å²) in [7, 11) is 0. The lowest BCUT2D eigenvalue weighted by Crippen LogP contribution is -2.43. The van der Waals surface area contributed by atoms with Crippen LogP contribution in [-0.2, 0) is 4.74 Å². The summed E-state index contributed by atoms with van der Waals surface area (Å²) in [6, 6.07) is 7.92. The molecule has 0 saturated carbocycles. The van der Waals surface area contributed by atoms with Crippen LogP contribution in [0.25, 0.3) is 0 Å². The van der Waals surface area contributed by atoms with Gasteiger partial charge in [-0.3, -0.25) is 0 Å². The van der Waals surface area contributed by atoms with Gasteiger partial charge < -0.3 is 19.7 Å². The number of piperazine rings is 1. The van der Waals surface area contributed by atoms with Gasteiger partial charge in [-0.2, -0.15) is 0 Å². The van der Waals surface area contributed by atoms with Crippen LogP contribution in [0.1, 0.15) is 22.3 Å². The Balaban J connectivity index is 1.81. The minimum atomic E-state index is -0.349. The van der Waals surface area contributed by atoms with Crippen molar-refractivity contribution in [2.75, 3.05) is 37.7 Å². The molecule has 0 bridgehead atoms. The Morgan fingerprint density at radius 2 is 2.08 bits per heavy atom. The van der Waals surface area contributed by atoms with E-state index in [0.29, 0.717) is 22.4 Å². The molecule has 1 aliphatic heterocycles. The number of nitrogens with zero attached hydrogens (tertiary/aromatic N) is 2.